The van der Waals surface area contributed by atoms with Crippen LogP contribution in [0.4, 0.5) is 0 Å². The van der Waals surface area contributed by atoms with Gasteiger partial charge in [0.1, 0.15) is 11.3 Å². The molecule has 5 nitrogen and oxygen atoms in total. The summed E-state index contributed by atoms with van der Waals surface area (Å²) in [5.41, 5.74) is 2.10. The molecular weight excluding hydrogens is 268 g/mol. The van der Waals surface area contributed by atoms with Gasteiger partial charge in [0.05, 0.1) is 12.8 Å². The van der Waals surface area contributed by atoms with Crippen molar-refractivity contribution in [2.45, 2.75) is 32.2 Å². The summed E-state index contributed by atoms with van der Waals surface area (Å²) in [5.74, 6) is 0.357. The molecule has 0 bridgehead atoms. The molecule has 0 atom stereocenters. The van der Waals surface area contributed by atoms with Gasteiger partial charge in [-0.2, -0.15) is 0 Å². The van der Waals surface area contributed by atoms with Crippen LogP contribution in [0.5, 0.6) is 0 Å². The molecule has 0 aromatic carbocycles. The lowest BCUT2D eigenvalue weighted by atomic mass is 9.89. The highest BCUT2D eigenvalue weighted by atomic mass is 16.3. The third-order valence-electron chi connectivity index (χ3n) is 3.93. The quantitative estimate of drug-likeness (QED) is 0.935. The van der Waals surface area contributed by atoms with Gasteiger partial charge in [-0.3, -0.25) is 9.59 Å². The fourth-order valence-electron chi connectivity index (χ4n) is 2.86. The van der Waals surface area contributed by atoms with Gasteiger partial charge in [-0.1, -0.05) is 0 Å². The molecule has 2 aromatic rings. The van der Waals surface area contributed by atoms with Crippen LogP contribution in [-0.2, 0) is 26.4 Å². The van der Waals surface area contributed by atoms with Gasteiger partial charge in [0.2, 0.25) is 0 Å². The highest BCUT2D eigenvalue weighted by molar-refractivity contribution is 5.95. The number of carbonyl (C=O) groups excluding carboxylic acids is 1. The lowest BCUT2D eigenvalue weighted by Crippen LogP contribution is -2.34. The molecule has 110 valence electrons. The number of hydrogen-bond donors (Lipinski definition) is 1. The third-order valence-corrected chi connectivity index (χ3v) is 3.93. The summed E-state index contributed by atoms with van der Waals surface area (Å²) < 4.78 is 6.69. The smallest absolute Gasteiger partial charge is 0.263 e. The Bertz CT molecular complexity index is 714. The fourth-order valence-corrected chi connectivity index (χ4v) is 2.86. The molecule has 0 saturated carbocycles. The summed E-state index contributed by atoms with van der Waals surface area (Å²) in [6, 6.07) is 3.56. The van der Waals surface area contributed by atoms with Gasteiger partial charge in [-0.05, 0) is 48.9 Å². The highest BCUT2D eigenvalue weighted by Gasteiger charge is 2.22. The van der Waals surface area contributed by atoms with Crippen LogP contribution >= 0.6 is 0 Å². The van der Waals surface area contributed by atoms with Gasteiger partial charge < -0.3 is 14.3 Å². The van der Waals surface area contributed by atoms with E-state index >= 15 is 0 Å². The first-order valence-electron chi connectivity index (χ1n) is 7.19. The number of fused-ring (bicyclic) bond motifs is 1. The molecule has 2 aromatic heterocycles. The Balaban J connectivity index is 1.91. The molecule has 2 heterocycles. The molecule has 0 saturated heterocycles. The number of aromatic nitrogens is 1. The number of nitrogens with one attached hydrogen (secondary N) is 1. The van der Waals surface area contributed by atoms with Crippen molar-refractivity contribution < 1.29 is 9.21 Å². The molecule has 0 fully saturated rings. The number of aryl methyl sites for hydroxylation is 2. The number of furan rings is 1. The first kappa shape index (κ1) is 13.7. The summed E-state index contributed by atoms with van der Waals surface area (Å²) >= 11 is 0. The van der Waals surface area contributed by atoms with E-state index in [1.54, 1.807) is 25.4 Å². The maximum absolute atomic E-state index is 12.4. The van der Waals surface area contributed by atoms with Gasteiger partial charge in [-0.25, -0.2) is 0 Å². The number of hydrogen-bond acceptors (Lipinski definition) is 3. The normalized spacial score (nSPS) is 13.8. The molecule has 0 unspecified atom stereocenters. The number of pyridine rings is 1. The number of rotatable bonds is 3. The predicted molar refractivity (Wildman–Crippen MR) is 78.2 cm³/mol. The van der Waals surface area contributed by atoms with Crippen LogP contribution in [0.25, 0.3) is 0 Å². The molecule has 1 aliphatic carbocycles. The Morgan fingerprint density at radius 2 is 2.19 bits per heavy atom. The van der Waals surface area contributed by atoms with Crippen molar-refractivity contribution in [1.82, 2.24) is 9.88 Å². The van der Waals surface area contributed by atoms with Gasteiger partial charge in [-0.15, -0.1) is 0 Å². The van der Waals surface area contributed by atoms with Crippen molar-refractivity contribution in [2.75, 3.05) is 0 Å². The second kappa shape index (κ2) is 5.60. The number of amides is 1. The van der Waals surface area contributed by atoms with E-state index in [4.69, 9.17) is 4.42 Å². The molecule has 1 amide bonds. The standard InChI is InChI=1S/C16H18N2O3/c1-18-10-11-5-2-3-7-13(11)14(16(18)20)15(19)17-9-12-6-4-8-21-12/h4,6,8,10H,2-3,5,7,9H2,1H3,(H,17,19). The van der Waals surface area contributed by atoms with E-state index < -0.39 is 0 Å². The maximum Gasteiger partial charge on any atom is 0.263 e. The first-order valence-corrected chi connectivity index (χ1v) is 7.19. The minimum Gasteiger partial charge on any atom is -0.467 e. The lowest BCUT2D eigenvalue weighted by molar-refractivity contribution is 0.0944. The second-order valence-corrected chi connectivity index (χ2v) is 5.39. The second-order valence-electron chi connectivity index (χ2n) is 5.39. The van der Waals surface area contributed by atoms with Gasteiger partial charge >= 0.3 is 0 Å². The predicted octanol–water partition coefficient (Wildman–Crippen LogP) is 1.79. The van der Waals surface area contributed by atoms with E-state index in [9.17, 15) is 9.59 Å². The monoisotopic (exact) mass is 286 g/mol. The molecule has 1 aliphatic rings. The van der Waals surface area contributed by atoms with Crippen molar-refractivity contribution in [3.63, 3.8) is 0 Å². The molecule has 0 radical (unpaired) electrons. The van der Waals surface area contributed by atoms with Crippen molar-refractivity contribution in [1.29, 1.82) is 0 Å². The maximum atomic E-state index is 12.4. The summed E-state index contributed by atoms with van der Waals surface area (Å²) in [5, 5.41) is 2.77. The molecule has 0 spiro atoms. The van der Waals surface area contributed by atoms with E-state index in [0.717, 1.165) is 36.8 Å². The SMILES string of the molecule is Cn1cc2c(c(C(=O)NCc3ccco3)c1=O)CCCC2. The van der Waals surface area contributed by atoms with E-state index in [1.807, 2.05) is 6.20 Å². The Morgan fingerprint density at radius 3 is 2.95 bits per heavy atom. The van der Waals surface area contributed by atoms with Crippen LogP contribution in [0, 0.1) is 0 Å². The van der Waals surface area contributed by atoms with E-state index in [2.05, 4.69) is 5.32 Å². The zero-order valence-electron chi connectivity index (χ0n) is 12.0. The third kappa shape index (κ3) is 2.63. The van der Waals surface area contributed by atoms with Crippen LogP contribution < -0.4 is 10.9 Å². The van der Waals surface area contributed by atoms with Gasteiger partial charge in [0, 0.05) is 13.2 Å². The average Bonchev–Trinajstić information content (AvgIpc) is 2.99. The van der Waals surface area contributed by atoms with Crippen LogP contribution in [0.1, 0.15) is 40.1 Å². The van der Waals surface area contributed by atoms with E-state index in [0.29, 0.717) is 17.9 Å². The molecule has 21 heavy (non-hydrogen) atoms. The minimum absolute atomic E-state index is 0.229. The van der Waals surface area contributed by atoms with Crippen molar-refractivity contribution >= 4 is 5.91 Å². The summed E-state index contributed by atoms with van der Waals surface area (Å²) in [4.78, 5) is 24.7. The van der Waals surface area contributed by atoms with E-state index in [1.165, 1.54) is 4.57 Å². The summed E-state index contributed by atoms with van der Waals surface area (Å²) in [7, 11) is 1.69. The fraction of sp³-hybridized carbons (Fsp3) is 0.375. The Kier molecular flexibility index (Phi) is 3.64. The zero-order valence-corrected chi connectivity index (χ0v) is 12.0. The lowest BCUT2D eigenvalue weighted by Gasteiger charge is -2.19. The minimum atomic E-state index is -0.314. The molecule has 3 rings (SSSR count). The first-order chi connectivity index (χ1) is 10.2. The van der Waals surface area contributed by atoms with Crippen molar-refractivity contribution in [2.24, 2.45) is 7.05 Å². The van der Waals surface area contributed by atoms with Crippen LogP contribution in [0.15, 0.2) is 33.8 Å². The molecule has 0 aliphatic heterocycles. The van der Waals surface area contributed by atoms with E-state index in [-0.39, 0.29) is 11.5 Å². The highest BCUT2D eigenvalue weighted by Crippen LogP contribution is 2.22. The summed E-state index contributed by atoms with van der Waals surface area (Å²) in [6.45, 7) is 0.290. The van der Waals surface area contributed by atoms with Crippen LogP contribution in [-0.4, -0.2) is 10.5 Å². The average molecular weight is 286 g/mol. The van der Waals surface area contributed by atoms with Crippen molar-refractivity contribution in [3.8, 4) is 0 Å². The molecule has 5 heteroatoms. The van der Waals surface area contributed by atoms with Gasteiger partial charge in [0.15, 0.2) is 0 Å². The molecule has 1 N–H and O–H groups in total. The Hall–Kier alpha value is -2.30. The number of nitrogens with zero attached hydrogens (tertiary/aromatic N) is 1. The zero-order chi connectivity index (χ0) is 14.8. The van der Waals surface area contributed by atoms with Gasteiger partial charge in [0.25, 0.3) is 11.5 Å². The van der Waals surface area contributed by atoms with Crippen molar-refractivity contribution in [3.05, 3.63) is 57.4 Å². The largest absolute Gasteiger partial charge is 0.467 e. The Labute approximate surface area is 122 Å². The summed E-state index contributed by atoms with van der Waals surface area (Å²) in [6.07, 6.45) is 7.29. The van der Waals surface area contributed by atoms with Crippen LogP contribution in [0.3, 0.4) is 0 Å². The molecular formula is C16H18N2O3. The number of carbonyl (C=O) groups is 1. The van der Waals surface area contributed by atoms with Crippen LogP contribution in [0.2, 0.25) is 0 Å². The topological polar surface area (TPSA) is 64.2 Å². The Morgan fingerprint density at radius 1 is 1.38 bits per heavy atom.